The molecule has 0 unspecified atom stereocenters. The van der Waals surface area contributed by atoms with Crippen molar-refractivity contribution in [3.63, 3.8) is 0 Å². The van der Waals surface area contributed by atoms with E-state index in [4.69, 9.17) is 9.47 Å². The van der Waals surface area contributed by atoms with Gasteiger partial charge in [0.2, 0.25) is 5.78 Å². The van der Waals surface area contributed by atoms with E-state index in [0.29, 0.717) is 23.7 Å². The number of aromatic nitrogens is 3. The molecule has 0 N–H and O–H groups in total. The fraction of sp³-hybridized carbons (Fsp3) is 0.611. The largest absolute Gasteiger partial charge is 0.381 e. The number of hydrogen-bond acceptors (Lipinski definition) is 5. The van der Waals surface area contributed by atoms with Gasteiger partial charge in [0.25, 0.3) is 5.91 Å². The average Bonchev–Trinajstić information content (AvgIpc) is 3.18. The number of nitrogens with zero attached hydrogens (tertiary/aromatic N) is 4. The van der Waals surface area contributed by atoms with Crippen LogP contribution in [0, 0.1) is 6.92 Å². The highest BCUT2D eigenvalue weighted by Gasteiger charge is 2.53. The second-order valence-corrected chi connectivity index (χ2v) is 7.00. The van der Waals surface area contributed by atoms with Crippen molar-refractivity contribution < 1.29 is 14.3 Å². The summed E-state index contributed by atoms with van der Waals surface area (Å²) in [5.74, 6) is 0.553. The van der Waals surface area contributed by atoms with Crippen LogP contribution in [0.5, 0.6) is 0 Å². The molecule has 3 heterocycles. The number of carbonyl (C=O) groups excluding carboxylic acids is 1. The van der Waals surface area contributed by atoms with E-state index in [0.717, 1.165) is 25.7 Å². The van der Waals surface area contributed by atoms with Gasteiger partial charge in [0, 0.05) is 33.2 Å². The molecule has 0 bridgehead atoms. The van der Waals surface area contributed by atoms with Crippen LogP contribution in [0.15, 0.2) is 18.5 Å². The molecular weight excluding hydrogens is 320 g/mol. The highest BCUT2D eigenvalue weighted by molar-refractivity contribution is 5.95. The smallest absolute Gasteiger partial charge is 0.273 e. The van der Waals surface area contributed by atoms with E-state index in [9.17, 15) is 4.79 Å². The molecule has 4 rings (SSSR count). The van der Waals surface area contributed by atoms with Crippen molar-refractivity contribution in [3.05, 3.63) is 29.8 Å². The fourth-order valence-electron chi connectivity index (χ4n) is 4.51. The maximum atomic E-state index is 13.4. The molecule has 1 saturated carbocycles. The lowest BCUT2D eigenvalue weighted by Crippen LogP contribution is -2.53. The van der Waals surface area contributed by atoms with Gasteiger partial charge < -0.3 is 14.4 Å². The summed E-state index contributed by atoms with van der Waals surface area (Å²) in [6, 6.07) is 1.85. The minimum Gasteiger partial charge on any atom is -0.381 e. The number of carbonyl (C=O) groups is 1. The zero-order valence-corrected chi connectivity index (χ0v) is 14.9. The molecular formula is C18H24N4O3. The summed E-state index contributed by atoms with van der Waals surface area (Å²) >= 11 is 0. The third-order valence-corrected chi connectivity index (χ3v) is 5.92. The minimum atomic E-state index is -0.253. The Morgan fingerprint density at radius 1 is 1.36 bits per heavy atom. The van der Waals surface area contributed by atoms with Crippen molar-refractivity contribution in [3.8, 4) is 0 Å². The highest BCUT2D eigenvalue weighted by atomic mass is 16.5. The van der Waals surface area contributed by atoms with Gasteiger partial charge in [0.15, 0.2) is 0 Å². The van der Waals surface area contributed by atoms with Crippen LogP contribution in [0.4, 0.5) is 0 Å². The van der Waals surface area contributed by atoms with Gasteiger partial charge in [0.05, 0.1) is 23.4 Å². The zero-order valence-electron chi connectivity index (χ0n) is 14.9. The Hall–Kier alpha value is -1.99. The molecule has 1 saturated heterocycles. The summed E-state index contributed by atoms with van der Waals surface area (Å²) in [7, 11) is 3.50. The lowest BCUT2D eigenvalue weighted by Gasteiger charge is -2.43. The molecule has 3 atom stereocenters. The minimum absolute atomic E-state index is 0.00122. The van der Waals surface area contributed by atoms with Crippen LogP contribution in [-0.2, 0) is 9.47 Å². The Bertz CT molecular complexity index is 805. The summed E-state index contributed by atoms with van der Waals surface area (Å²) in [5, 5.41) is 0. The summed E-state index contributed by atoms with van der Waals surface area (Å²) in [6.45, 7) is 2.56. The van der Waals surface area contributed by atoms with Gasteiger partial charge in [-0.15, -0.1) is 0 Å². The number of fused-ring (bicyclic) bond motifs is 2. The molecule has 2 fully saturated rings. The van der Waals surface area contributed by atoms with E-state index >= 15 is 0 Å². The first kappa shape index (κ1) is 16.5. The van der Waals surface area contributed by atoms with Crippen LogP contribution < -0.4 is 0 Å². The fourth-order valence-corrected chi connectivity index (χ4v) is 4.51. The maximum Gasteiger partial charge on any atom is 0.273 e. The van der Waals surface area contributed by atoms with Crippen molar-refractivity contribution in [2.75, 3.05) is 20.8 Å². The molecule has 1 aliphatic carbocycles. The first-order valence-electron chi connectivity index (χ1n) is 8.78. The average molecular weight is 344 g/mol. The number of aryl methyl sites for hydroxylation is 1. The molecule has 2 aliphatic rings. The number of likely N-dealkylation sites (tertiary alicyclic amines) is 1. The monoisotopic (exact) mass is 344 g/mol. The predicted octanol–water partition coefficient (Wildman–Crippen LogP) is 1.84. The summed E-state index contributed by atoms with van der Waals surface area (Å²) < 4.78 is 13.3. The van der Waals surface area contributed by atoms with Crippen molar-refractivity contribution in [1.29, 1.82) is 0 Å². The molecule has 0 radical (unpaired) electrons. The normalized spacial score (nSPS) is 29.2. The first-order valence-corrected chi connectivity index (χ1v) is 8.78. The Labute approximate surface area is 147 Å². The van der Waals surface area contributed by atoms with Gasteiger partial charge in [-0.05, 0) is 38.7 Å². The van der Waals surface area contributed by atoms with Gasteiger partial charge in [0.1, 0.15) is 5.69 Å². The van der Waals surface area contributed by atoms with E-state index in [2.05, 4.69) is 9.97 Å². The highest BCUT2D eigenvalue weighted by Crippen LogP contribution is 2.43. The topological polar surface area (TPSA) is 69.0 Å². The summed E-state index contributed by atoms with van der Waals surface area (Å²) in [6.07, 6.45) is 7.27. The number of rotatable bonds is 3. The maximum absolute atomic E-state index is 13.4. The number of hydrogen-bond donors (Lipinski definition) is 0. The van der Waals surface area contributed by atoms with Crippen LogP contribution in [0.3, 0.4) is 0 Å². The third kappa shape index (κ3) is 2.45. The second kappa shape index (κ2) is 6.07. The zero-order chi connectivity index (χ0) is 17.6. The van der Waals surface area contributed by atoms with E-state index in [-0.39, 0.29) is 23.7 Å². The number of methoxy groups -OCH3 is 2. The lowest BCUT2D eigenvalue weighted by molar-refractivity contribution is -0.0894. The van der Waals surface area contributed by atoms with E-state index in [1.54, 1.807) is 24.8 Å². The first-order chi connectivity index (χ1) is 12.1. The number of amides is 1. The second-order valence-electron chi connectivity index (χ2n) is 7.00. The van der Waals surface area contributed by atoms with Gasteiger partial charge >= 0.3 is 0 Å². The van der Waals surface area contributed by atoms with Crippen molar-refractivity contribution in [2.45, 2.75) is 50.4 Å². The lowest BCUT2D eigenvalue weighted by atomic mass is 9.79. The van der Waals surface area contributed by atoms with Crippen LogP contribution in [0.2, 0.25) is 0 Å². The van der Waals surface area contributed by atoms with Gasteiger partial charge in [-0.3, -0.25) is 9.20 Å². The standard InChI is InChI=1S/C18H24N4O3/c1-12-15(22-9-4-8-19-17(22)20-12)16(23)21-10-7-18(25-3)6-5-13(24-2)11-14(18)21/h4,8-9,13-14H,5-7,10-11H2,1-3H3/t13-,14-,18+/m0/s1. The number of imidazole rings is 1. The van der Waals surface area contributed by atoms with E-state index < -0.39 is 0 Å². The van der Waals surface area contributed by atoms with Crippen LogP contribution in [0.1, 0.15) is 41.9 Å². The van der Waals surface area contributed by atoms with Crippen LogP contribution >= 0.6 is 0 Å². The van der Waals surface area contributed by atoms with Crippen molar-refractivity contribution >= 4 is 11.7 Å². The van der Waals surface area contributed by atoms with E-state index in [1.807, 2.05) is 24.1 Å². The summed E-state index contributed by atoms with van der Waals surface area (Å²) in [5.41, 5.74) is 1.05. The van der Waals surface area contributed by atoms with E-state index in [1.165, 1.54) is 0 Å². The Morgan fingerprint density at radius 2 is 2.20 bits per heavy atom. The number of ether oxygens (including phenoxy) is 2. The Morgan fingerprint density at radius 3 is 2.96 bits per heavy atom. The third-order valence-electron chi connectivity index (χ3n) is 5.92. The van der Waals surface area contributed by atoms with Crippen molar-refractivity contribution in [1.82, 2.24) is 19.3 Å². The van der Waals surface area contributed by atoms with Gasteiger partial charge in [-0.2, -0.15) is 0 Å². The Balaban J connectivity index is 1.71. The predicted molar refractivity (Wildman–Crippen MR) is 91.6 cm³/mol. The molecule has 7 nitrogen and oxygen atoms in total. The van der Waals surface area contributed by atoms with Crippen LogP contribution in [-0.4, -0.2) is 63.7 Å². The molecule has 134 valence electrons. The SMILES string of the molecule is CO[C@H]1CC[C@@]2(OC)CCN(C(=O)c3c(C)nc4ncccn34)[C@H]2C1. The molecule has 1 aliphatic heterocycles. The molecule has 0 aromatic carbocycles. The molecule has 0 spiro atoms. The quantitative estimate of drug-likeness (QED) is 0.850. The van der Waals surface area contributed by atoms with Gasteiger partial charge in [-0.1, -0.05) is 0 Å². The molecule has 7 heteroatoms. The molecule has 1 amide bonds. The molecule has 25 heavy (non-hydrogen) atoms. The molecule has 2 aromatic heterocycles. The molecule has 2 aromatic rings. The Kier molecular flexibility index (Phi) is 4.00. The van der Waals surface area contributed by atoms with Crippen molar-refractivity contribution in [2.24, 2.45) is 0 Å². The van der Waals surface area contributed by atoms with Crippen LogP contribution in [0.25, 0.3) is 5.78 Å². The summed E-state index contributed by atoms with van der Waals surface area (Å²) in [4.78, 5) is 24.0. The van der Waals surface area contributed by atoms with Gasteiger partial charge in [-0.25, -0.2) is 9.97 Å².